The third kappa shape index (κ3) is 5.55. The highest BCUT2D eigenvalue weighted by Gasteiger charge is 2.23. The third-order valence-corrected chi connectivity index (χ3v) is 4.12. The van der Waals surface area contributed by atoms with Gasteiger partial charge in [0.2, 0.25) is 0 Å². The number of thioether (sulfide) groups is 1. The van der Waals surface area contributed by atoms with Crippen LogP contribution in [0.4, 0.5) is 5.69 Å². The van der Waals surface area contributed by atoms with Gasteiger partial charge in [0.25, 0.3) is 11.6 Å². The molecule has 8 heteroatoms. The Labute approximate surface area is 138 Å². The minimum absolute atomic E-state index is 0.133. The molecule has 0 aliphatic heterocycles. The lowest BCUT2D eigenvalue weighted by atomic mass is 10.1. The number of carboxylic acids is 1. The average Bonchev–Trinajstić information content (AvgIpc) is 2.51. The number of nitro groups is 1. The lowest BCUT2D eigenvalue weighted by molar-refractivity contribution is -0.384. The van der Waals surface area contributed by atoms with E-state index in [2.05, 4.69) is 5.32 Å². The van der Waals surface area contributed by atoms with Crippen LogP contribution in [0.5, 0.6) is 0 Å². The van der Waals surface area contributed by atoms with Gasteiger partial charge in [0, 0.05) is 17.0 Å². The molecule has 0 aliphatic rings. The van der Waals surface area contributed by atoms with Crippen LogP contribution in [0.25, 0.3) is 0 Å². The van der Waals surface area contributed by atoms with E-state index in [-0.39, 0.29) is 11.3 Å². The quantitative estimate of drug-likeness (QED) is 0.406. The molecule has 0 heterocycles. The van der Waals surface area contributed by atoms with Crippen molar-refractivity contribution in [3.63, 3.8) is 0 Å². The molecule has 0 fully saturated rings. The minimum atomic E-state index is -1.11. The highest BCUT2D eigenvalue weighted by Crippen LogP contribution is 2.26. The minimum Gasteiger partial charge on any atom is -0.480 e. The number of aliphatic carboxylic acids is 1. The highest BCUT2D eigenvalue weighted by atomic mass is 32.2. The van der Waals surface area contributed by atoms with Gasteiger partial charge in [-0.15, -0.1) is 11.8 Å². The Balaban J connectivity index is 3.05. The van der Waals surface area contributed by atoms with Crippen molar-refractivity contribution in [1.29, 1.82) is 0 Å². The van der Waals surface area contributed by atoms with E-state index in [0.717, 1.165) is 6.42 Å². The van der Waals surface area contributed by atoms with E-state index in [9.17, 15) is 24.8 Å². The van der Waals surface area contributed by atoms with Crippen LogP contribution in [-0.2, 0) is 4.79 Å². The smallest absolute Gasteiger partial charge is 0.326 e. The molecule has 2 N–H and O–H groups in total. The monoisotopic (exact) mass is 340 g/mol. The molecule has 1 amide bonds. The zero-order valence-corrected chi connectivity index (χ0v) is 13.9. The number of amides is 1. The first-order chi connectivity index (χ1) is 10.9. The molecule has 1 aromatic rings. The van der Waals surface area contributed by atoms with E-state index in [1.807, 2.05) is 13.8 Å². The number of carbonyl (C=O) groups is 2. The third-order valence-electron chi connectivity index (χ3n) is 3.17. The molecule has 0 bridgehead atoms. The molecular weight excluding hydrogens is 320 g/mol. The molecule has 1 unspecified atom stereocenters. The fraction of sp³-hybridized carbons (Fsp3) is 0.467. The van der Waals surface area contributed by atoms with Crippen molar-refractivity contribution in [1.82, 2.24) is 5.32 Å². The molecule has 1 aromatic carbocycles. The standard InChI is InChI=1S/C15H20N2O5S/c1-3-5-6-12(15(19)20)16-14(18)11-9-10(17(21)22)7-8-13(11)23-4-2/h7-9,12H,3-6H2,1-2H3,(H,16,18)(H,19,20). The highest BCUT2D eigenvalue weighted by molar-refractivity contribution is 7.99. The molecule has 0 saturated carbocycles. The van der Waals surface area contributed by atoms with Crippen LogP contribution in [-0.4, -0.2) is 33.7 Å². The summed E-state index contributed by atoms with van der Waals surface area (Å²) in [4.78, 5) is 34.5. The molecule has 0 saturated heterocycles. The Hall–Kier alpha value is -2.09. The molecule has 0 aliphatic carbocycles. The number of nitro benzene ring substituents is 1. The van der Waals surface area contributed by atoms with Gasteiger partial charge < -0.3 is 10.4 Å². The number of benzene rings is 1. The van der Waals surface area contributed by atoms with Gasteiger partial charge in [-0.1, -0.05) is 26.7 Å². The lowest BCUT2D eigenvalue weighted by Crippen LogP contribution is -2.40. The Morgan fingerprint density at radius 3 is 2.61 bits per heavy atom. The van der Waals surface area contributed by atoms with Crippen LogP contribution in [0.2, 0.25) is 0 Å². The van der Waals surface area contributed by atoms with E-state index >= 15 is 0 Å². The number of unbranched alkanes of at least 4 members (excludes halogenated alkanes) is 1. The fourth-order valence-corrected chi connectivity index (χ4v) is 2.77. The zero-order chi connectivity index (χ0) is 17.4. The molecular formula is C15H20N2O5S. The number of carbonyl (C=O) groups excluding carboxylic acids is 1. The summed E-state index contributed by atoms with van der Waals surface area (Å²) in [6.07, 6.45) is 1.80. The van der Waals surface area contributed by atoms with Crippen molar-refractivity contribution < 1.29 is 19.6 Å². The molecule has 7 nitrogen and oxygen atoms in total. The number of hydrogen-bond donors (Lipinski definition) is 2. The SMILES string of the molecule is CCCCC(NC(=O)c1cc([N+](=O)[O-])ccc1SCC)C(=O)O. The zero-order valence-electron chi connectivity index (χ0n) is 13.1. The van der Waals surface area contributed by atoms with Gasteiger partial charge in [0.15, 0.2) is 0 Å². The summed E-state index contributed by atoms with van der Waals surface area (Å²) in [6, 6.07) is 3.04. The predicted octanol–water partition coefficient (Wildman–Crippen LogP) is 3.08. The summed E-state index contributed by atoms with van der Waals surface area (Å²) in [5, 5.41) is 22.5. The van der Waals surface area contributed by atoms with Gasteiger partial charge in [-0.2, -0.15) is 0 Å². The van der Waals surface area contributed by atoms with E-state index in [1.54, 1.807) is 0 Å². The van der Waals surface area contributed by atoms with E-state index < -0.39 is 22.8 Å². The number of nitrogens with zero attached hydrogens (tertiary/aromatic N) is 1. The number of non-ortho nitro benzene ring substituents is 1. The van der Waals surface area contributed by atoms with Crippen molar-refractivity contribution in [2.75, 3.05) is 5.75 Å². The molecule has 1 atom stereocenters. The summed E-state index contributed by atoms with van der Waals surface area (Å²) in [7, 11) is 0. The first-order valence-electron chi connectivity index (χ1n) is 7.35. The first-order valence-corrected chi connectivity index (χ1v) is 8.34. The summed E-state index contributed by atoms with van der Waals surface area (Å²) in [6.45, 7) is 3.83. The molecule has 126 valence electrons. The van der Waals surface area contributed by atoms with E-state index in [1.165, 1.54) is 30.0 Å². The summed E-state index contributed by atoms with van der Waals surface area (Å²) >= 11 is 1.37. The summed E-state index contributed by atoms with van der Waals surface area (Å²) in [5.41, 5.74) is -0.0650. The number of rotatable bonds is 9. The second kappa shape index (κ2) is 9.14. The number of carboxylic acid groups (broad SMARTS) is 1. The Kier molecular flexibility index (Phi) is 7.53. The second-order valence-electron chi connectivity index (χ2n) is 4.88. The Morgan fingerprint density at radius 1 is 1.39 bits per heavy atom. The molecule has 23 heavy (non-hydrogen) atoms. The summed E-state index contributed by atoms with van der Waals surface area (Å²) in [5.74, 6) is -1.02. The summed E-state index contributed by atoms with van der Waals surface area (Å²) < 4.78 is 0. The Bertz CT molecular complexity index is 591. The Morgan fingerprint density at radius 2 is 2.09 bits per heavy atom. The maximum absolute atomic E-state index is 12.4. The van der Waals surface area contributed by atoms with Crippen molar-refractivity contribution in [2.24, 2.45) is 0 Å². The van der Waals surface area contributed by atoms with Crippen LogP contribution in [0.15, 0.2) is 23.1 Å². The van der Waals surface area contributed by atoms with Gasteiger partial charge in [0.05, 0.1) is 10.5 Å². The molecule has 0 radical (unpaired) electrons. The second-order valence-corrected chi connectivity index (χ2v) is 6.18. The number of nitrogens with one attached hydrogen (secondary N) is 1. The van der Waals surface area contributed by atoms with Crippen molar-refractivity contribution >= 4 is 29.3 Å². The van der Waals surface area contributed by atoms with Crippen molar-refractivity contribution in [2.45, 2.75) is 44.0 Å². The normalized spacial score (nSPS) is 11.7. The topological polar surface area (TPSA) is 110 Å². The number of hydrogen-bond acceptors (Lipinski definition) is 5. The largest absolute Gasteiger partial charge is 0.480 e. The van der Waals surface area contributed by atoms with E-state index in [4.69, 9.17) is 0 Å². The molecule has 1 rings (SSSR count). The van der Waals surface area contributed by atoms with Crippen molar-refractivity contribution in [3.8, 4) is 0 Å². The van der Waals surface area contributed by atoms with Gasteiger partial charge in [0.1, 0.15) is 6.04 Å². The van der Waals surface area contributed by atoms with Gasteiger partial charge in [-0.3, -0.25) is 14.9 Å². The van der Waals surface area contributed by atoms with E-state index in [0.29, 0.717) is 23.5 Å². The lowest BCUT2D eigenvalue weighted by Gasteiger charge is -2.15. The molecule has 0 spiro atoms. The van der Waals surface area contributed by atoms with Crippen LogP contribution in [0, 0.1) is 10.1 Å². The van der Waals surface area contributed by atoms with Gasteiger partial charge >= 0.3 is 5.97 Å². The molecule has 0 aromatic heterocycles. The predicted molar refractivity (Wildman–Crippen MR) is 87.9 cm³/mol. The first kappa shape index (κ1) is 19.0. The maximum Gasteiger partial charge on any atom is 0.326 e. The van der Waals surface area contributed by atoms with Gasteiger partial charge in [-0.05, 0) is 18.2 Å². The van der Waals surface area contributed by atoms with Crippen LogP contribution in [0.3, 0.4) is 0 Å². The van der Waals surface area contributed by atoms with Crippen LogP contribution < -0.4 is 5.32 Å². The van der Waals surface area contributed by atoms with Crippen LogP contribution >= 0.6 is 11.8 Å². The van der Waals surface area contributed by atoms with Crippen LogP contribution in [0.1, 0.15) is 43.5 Å². The average molecular weight is 340 g/mol. The van der Waals surface area contributed by atoms with Crippen molar-refractivity contribution in [3.05, 3.63) is 33.9 Å². The maximum atomic E-state index is 12.4. The van der Waals surface area contributed by atoms with Gasteiger partial charge in [-0.25, -0.2) is 4.79 Å². The fourth-order valence-electron chi connectivity index (χ4n) is 1.99.